The summed E-state index contributed by atoms with van der Waals surface area (Å²) in [7, 11) is 0. The summed E-state index contributed by atoms with van der Waals surface area (Å²) in [4.78, 5) is 5.47. The summed E-state index contributed by atoms with van der Waals surface area (Å²) in [6.45, 7) is 34.1. The number of hydrogen-bond donors (Lipinski definition) is 0. The van der Waals surface area contributed by atoms with E-state index in [9.17, 15) is 0 Å². The average Bonchev–Trinajstić information content (AvgIpc) is 3.72. The summed E-state index contributed by atoms with van der Waals surface area (Å²) in [5.74, 6) is 0. The Morgan fingerprint density at radius 3 is 1.61 bits per heavy atom. The number of anilines is 5. The van der Waals surface area contributed by atoms with Crippen molar-refractivity contribution in [1.82, 2.24) is 0 Å². The van der Waals surface area contributed by atoms with Crippen LogP contribution in [0, 0.1) is 13.8 Å². The first-order valence-corrected chi connectivity index (χ1v) is 27.3. The highest BCUT2D eigenvalue weighted by Crippen LogP contribution is 2.57. The summed E-state index contributed by atoms with van der Waals surface area (Å²) in [5.41, 5.74) is 27.7. The van der Waals surface area contributed by atoms with Gasteiger partial charge in [-0.15, -0.1) is 0 Å². The van der Waals surface area contributed by atoms with Crippen LogP contribution in [0.3, 0.4) is 0 Å². The van der Waals surface area contributed by atoms with Crippen LogP contribution in [0.2, 0.25) is 0 Å². The quantitative estimate of drug-likeness (QED) is 0.165. The number of rotatable bonds is 3. The van der Waals surface area contributed by atoms with Crippen LogP contribution in [0.1, 0.15) is 166 Å². The van der Waals surface area contributed by atoms with Gasteiger partial charge < -0.3 is 14.1 Å². The van der Waals surface area contributed by atoms with E-state index in [0.717, 1.165) is 42.2 Å². The number of aryl methyl sites for hydroxylation is 2. The highest BCUT2D eigenvalue weighted by Gasteiger charge is 2.50. The Hall–Kier alpha value is -6.00. The van der Waals surface area contributed by atoms with Gasteiger partial charge in [-0.05, 0) is 212 Å². The molecule has 3 nitrogen and oxygen atoms in total. The molecule has 8 aromatic rings. The van der Waals surface area contributed by atoms with Gasteiger partial charge in [0.25, 0.3) is 0 Å². The molecule has 0 bridgehead atoms. The van der Waals surface area contributed by atoms with Gasteiger partial charge >= 0.3 is 6.85 Å². The lowest BCUT2D eigenvalue weighted by Crippen LogP contribution is -2.62. The molecular weight excluding hydrogens is 872 g/mol. The fourth-order valence-corrected chi connectivity index (χ4v) is 14.6. The lowest BCUT2D eigenvalue weighted by atomic mass is 9.42. The van der Waals surface area contributed by atoms with Gasteiger partial charge in [-0.1, -0.05) is 138 Å². The van der Waals surface area contributed by atoms with Crippen molar-refractivity contribution in [2.24, 2.45) is 0 Å². The highest BCUT2D eigenvalue weighted by atomic mass is 16.3. The van der Waals surface area contributed by atoms with Crippen molar-refractivity contribution < 1.29 is 4.42 Å². The van der Waals surface area contributed by atoms with E-state index >= 15 is 0 Å². The maximum absolute atomic E-state index is 7.36. The Morgan fingerprint density at radius 1 is 0.403 bits per heavy atom. The van der Waals surface area contributed by atoms with Crippen LogP contribution in [0.15, 0.2) is 120 Å². The van der Waals surface area contributed by atoms with Crippen molar-refractivity contribution in [3.8, 4) is 22.3 Å². The van der Waals surface area contributed by atoms with Gasteiger partial charge in [-0.25, -0.2) is 0 Å². The predicted molar refractivity (Wildman–Crippen MR) is 308 cm³/mol. The van der Waals surface area contributed by atoms with Crippen molar-refractivity contribution in [2.45, 2.75) is 168 Å². The predicted octanol–water partition coefficient (Wildman–Crippen LogP) is 17.6. The van der Waals surface area contributed by atoms with Crippen molar-refractivity contribution in [3.05, 3.63) is 160 Å². The molecule has 2 aliphatic heterocycles. The second-order valence-electron chi connectivity index (χ2n) is 27.0. The largest absolute Gasteiger partial charge is 0.456 e. The van der Waals surface area contributed by atoms with Crippen LogP contribution < -0.4 is 20.6 Å². The van der Waals surface area contributed by atoms with E-state index in [1.54, 1.807) is 0 Å². The number of nitrogens with zero attached hydrogens (tertiary/aromatic N) is 2. The molecule has 0 amide bonds. The Morgan fingerprint density at radius 2 is 0.958 bits per heavy atom. The molecule has 1 aromatic heterocycles. The Kier molecular flexibility index (Phi) is 9.44. The van der Waals surface area contributed by atoms with E-state index in [4.69, 9.17) is 4.42 Å². The second-order valence-corrected chi connectivity index (χ2v) is 27.0. The van der Waals surface area contributed by atoms with Gasteiger partial charge in [0, 0.05) is 50.2 Å². The SMILES string of the molecule is Cc1ccccc1-c1cc2c3c(c1)N(c1cc4c(cc1C)C(C)(C)CCC4(C)C)c1ccc4c(oc5ccccc54)c1B3N(c1ccc3c(c1)C(C)(C)CCC3(C)C)c1cc3c(cc1-2)C(C)(C)CCC3(C)C. The zero-order valence-corrected chi connectivity index (χ0v) is 45.6. The van der Waals surface area contributed by atoms with E-state index in [0.29, 0.717) is 0 Å². The molecule has 3 heterocycles. The number of hydrogen-bond acceptors (Lipinski definition) is 3. The lowest BCUT2D eigenvalue weighted by Gasteiger charge is -2.49. The fraction of sp³-hybridized carbons (Fsp3) is 0.382. The van der Waals surface area contributed by atoms with E-state index in [-0.39, 0.29) is 39.3 Å². The third kappa shape index (κ3) is 6.42. The Labute approximate surface area is 430 Å². The zero-order valence-electron chi connectivity index (χ0n) is 45.6. The minimum atomic E-state index is -0.201. The van der Waals surface area contributed by atoms with E-state index in [2.05, 4.69) is 222 Å². The third-order valence-corrected chi connectivity index (χ3v) is 19.5. The van der Waals surface area contributed by atoms with Crippen molar-refractivity contribution in [2.75, 3.05) is 9.71 Å². The maximum Gasteiger partial charge on any atom is 0.336 e. The summed E-state index contributed by atoms with van der Waals surface area (Å²) < 4.78 is 7.36. The molecule has 0 radical (unpaired) electrons. The Bertz CT molecular complexity index is 3650. The molecule has 7 aromatic carbocycles. The van der Waals surface area contributed by atoms with Crippen molar-refractivity contribution in [3.63, 3.8) is 0 Å². The standard InChI is InChI=1S/C68H73BN2O/c1-40-19-15-16-20-44(40)42-34-48-47-37-52-54(68(13,14)32-30-66(52,9)10)39-57(47)71(43-23-25-49-51(36-43)65(7,8)28-27-63(49,3)4)69-60(48)58(35-42)70(55-26-24-46-45-21-17-18-22-59(45)72-62(46)61(55)69)56-38-53-50(33-41(56)2)64(5,6)29-31-67(53,11)12/h15-26,33-39H,27-32H2,1-14H3. The first-order chi connectivity index (χ1) is 34.0. The summed E-state index contributed by atoms with van der Waals surface area (Å²) in [6.07, 6.45) is 6.99. The van der Waals surface area contributed by atoms with Gasteiger partial charge in [0.1, 0.15) is 11.2 Å². The van der Waals surface area contributed by atoms with Gasteiger partial charge in [0.15, 0.2) is 0 Å². The highest BCUT2D eigenvalue weighted by molar-refractivity contribution is 6.95. The van der Waals surface area contributed by atoms with Crippen LogP contribution in [0.4, 0.5) is 28.4 Å². The maximum atomic E-state index is 7.36. The molecule has 0 saturated heterocycles. The van der Waals surface area contributed by atoms with Gasteiger partial charge in [-0.3, -0.25) is 0 Å². The van der Waals surface area contributed by atoms with Crippen LogP contribution in [0.5, 0.6) is 0 Å². The molecule has 5 aliphatic rings. The zero-order chi connectivity index (χ0) is 50.4. The van der Waals surface area contributed by atoms with Crippen LogP contribution in [-0.4, -0.2) is 6.85 Å². The number of para-hydroxylation sites is 1. The molecule has 13 rings (SSSR count). The fourth-order valence-electron chi connectivity index (χ4n) is 14.6. The van der Waals surface area contributed by atoms with Crippen LogP contribution in [-0.2, 0) is 32.5 Å². The molecule has 0 unspecified atom stereocenters. The normalized spacial score (nSPS) is 20.1. The first kappa shape index (κ1) is 45.8. The first-order valence-electron chi connectivity index (χ1n) is 27.3. The number of benzene rings is 7. The van der Waals surface area contributed by atoms with Gasteiger partial charge in [0.05, 0.1) is 0 Å². The summed E-state index contributed by atoms with van der Waals surface area (Å²) in [6, 6.07) is 45.7. The third-order valence-electron chi connectivity index (χ3n) is 19.5. The molecule has 0 saturated carbocycles. The number of fused-ring (bicyclic) bond motifs is 11. The van der Waals surface area contributed by atoms with Crippen LogP contribution in [0.25, 0.3) is 44.2 Å². The summed E-state index contributed by atoms with van der Waals surface area (Å²) in [5, 5.41) is 2.33. The molecule has 72 heavy (non-hydrogen) atoms. The lowest BCUT2D eigenvalue weighted by molar-refractivity contribution is 0.332. The molecule has 364 valence electrons. The molecule has 0 N–H and O–H groups in total. The topological polar surface area (TPSA) is 19.6 Å². The van der Waals surface area contributed by atoms with Crippen LogP contribution >= 0.6 is 0 Å². The van der Waals surface area contributed by atoms with E-state index in [1.165, 1.54) is 124 Å². The summed E-state index contributed by atoms with van der Waals surface area (Å²) >= 11 is 0. The molecule has 0 atom stereocenters. The average molecular weight is 945 g/mol. The van der Waals surface area contributed by atoms with Crippen molar-refractivity contribution >= 4 is 68.1 Å². The Balaban J connectivity index is 1.22. The van der Waals surface area contributed by atoms with Gasteiger partial charge in [0.2, 0.25) is 0 Å². The van der Waals surface area contributed by atoms with Gasteiger partial charge in [-0.2, -0.15) is 0 Å². The number of furan rings is 1. The molecule has 0 spiro atoms. The second kappa shape index (κ2) is 14.8. The smallest absolute Gasteiger partial charge is 0.336 e. The minimum absolute atomic E-state index is 0.0153. The molecule has 4 heteroatoms. The molecule has 0 fully saturated rings. The minimum Gasteiger partial charge on any atom is -0.456 e. The molecule has 3 aliphatic carbocycles. The molecular formula is C68H73BN2O. The monoisotopic (exact) mass is 945 g/mol. The van der Waals surface area contributed by atoms with E-state index in [1.807, 2.05) is 0 Å². The van der Waals surface area contributed by atoms with Crippen molar-refractivity contribution in [1.29, 1.82) is 0 Å². The van der Waals surface area contributed by atoms with E-state index < -0.39 is 0 Å².